The van der Waals surface area contributed by atoms with Crippen LogP contribution in [0.1, 0.15) is 36.2 Å². The van der Waals surface area contributed by atoms with Crippen LogP contribution in [0.5, 0.6) is 0 Å². The number of amides is 2. The summed E-state index contributed by atoms with van der Waals surface area (Å²) in [6, 6.07) is 8.03. The second-order valence-corrected chi connectivity index (χ2v) is 9.55. The van der Waals surface area contributed by atoms with Crippen LogP contribution in [-0.2, 0) is 16.0 Å². The molecule has 1 aromatic carbocycles. The summed E-state index contributed by atoms with van der Waals surface area (Å²) in [6.07, 6.45) is 9.60. The highest BCUT2D eigenvalue weighted by molar-refractivity contribution is 5.92. The molecule has 34 heavy (non-hydrogen) atoms. The normalized spacial score (nSPS) is 20.6. The lowest BCUT2D eigenvalue weighted by Crippen LogP contribution is -2.47. The van der Waals surface area contributed by atoms with Gasteiger partial charge in [0, 0.05) is 61.0 Å². The molecular formula is C26H29N5O3. The summed E-state index contributed by atoms with van der Waals surface area (Å²) >= 11 is 0. The van der Waals surface area contributed by atoms with Crippen molar-refractivity contribution in [3.8, 4) is 0 Å². The number of rotatable bonds is 4. The van der Waals surface area contributed by atoms with Crippen molar-refractivity contribution in [2.24, 2.45) is 5.41 Å². The van der Waals surface area contributed by atoms with Gasteiger partial charge in [0.1, 0.15) is 5.82 Å². The molecule has 8 heteroatoms. The standard InChI is InChI=1S/C26H29N5O3/c1-18-27-14-19(25(34)29-18)7-8-23(32)30-11-4-9-26(16-30)10-12-31(17-26)24(33)13-20-15-28-22-6-3-2-5-21(20)22/h2-3,5-8,14-15,28H,4,9-13,16-17H2,1H3,(H,27,29,34)/b8-7+. The van der Waals surface area contributed by atoms with Crippen molar-refractivity contribution in [2.45, 2.75) is 32.6 Å². The number of hydrogen-bond donors (Lipinski definition) is 2. The van der Waals surface area contributed by atoms with Crippen LogP contribution in [0, 0.1) is 12.3 Å². The highest BCUT2D eigenvalue weighted by Gasteiger charge is 2.43. The molecule has 0 aliphatic carbocycles. The molecule has 0 bridgehead atoms. The van der Waals surface area contributed by atoms with Crippen molar-refractivity contribution in [3.05, 3.63) is 70.0 Å². The zero-order chi connectivity index (χ0) is 23.7. The van der Waals surface area contributed by atoms with Crippen molar-refractivity contribution in [3.63, 3.8) is 0 Å². The number of H-pyrrole nitrogens is 2. The highest BCUT2D eigenvalue weighted by Crippen LogP contribution is 2.39. The van der Waals surface area contributed by atoms with Gasteiger partial charge < -0.3 is 19.8 Å². The van der Waals surface area contributed by atoms with E-state index in [0.29, 0.717) is 37.4 Å². The summed E-state index contributed by atoms with van der Waals surface area (Å²) < 4.78 is 0. The Morgan fingerprint density at radius 1 is 1.15 bits per heavy atom. The summed E-state index contributed by atoms with van der Waals surface area (Å²) in [5, 5.41) is 1.09. The van der Waals surface area contributed by atoms with E-state index in [1.165, 1.54) is 18.3 Å². The van der Waals surface area contributed by atoms with Crippen molar-refractivity contribution in [1.82, 2.24) is 24.8 Å². The van der Waals surface area contributed by atoms with Gasteiger partial charge in [0.25, 0.3) is 5.56 Å². The number of aromatic nitrogens is 3. The van der Waals surface area contributed by atoms with E-state index < -0.39 is 0 Å². The number of hydrogen-bond acceptors (Lipinski definition) is 4. The number of carbonyl (C=O) groups excluding carboxylic acids is 2. The maximum absolute atomic E-state index is 13.1. The summed E-state index contributed by atoms with van der Waals surface area (Å²) in [4.78, 5) is 51.7. The number of fused-ring (bicyclic) bond motifs is 1. The lowest BCUT2D eigenvalue weighted by atomic mass is 9.79. The van der Waals surface area contributed by atoms with E-state index >= 15 is 0 Å². The lowest BCUT2D eigenvalue weighted by Gasteiger charge is -2.40. The van der Waals surface area contributed by atoms with Gasteiger partial charge in [0.05, 0.1) is 12.0 Å². The predicted octanol–water partition coefficient (Wildman–Crippen LogP) is 2.66. The molecular weight excluding hydrogens is 430 g/mol. The van der Waals surface area contributed by atoms with Crippen molar-refractivity contribution in [1.29, 1.82) is 0 Å². The number of likely N-dealkylation sites (tertiary alicyclic amines) is 2. The summed E-state index contributed by atoms with van der Waals surface area (Å²) in [5.74, 6) is 0.565. The Morgan fingerprint density at radius 3 is 2.82 bits per heavy atom. The molecule has 2 amide bonds. The first kappa shape index (κ1) is 22.1. The van der Waals surface area contributed by atoms with Crippen LogP contribution < -0.4 is 5.56 Å². The number of para-hydroxylation sites is 1. The van der Waals surface area contributed by atoms with E-state index in [9.17, 15) is 14.4 Å². The Hall–Kier alpha value is -3.68. The van der Waals surface area contributed by atoms with Gasteiger partial charge >= 0.3 is 0 Å². The predicted molar refractivity (Wildman–Crippen MR) is 130 cm³/mol. The zero-order valence-corrected chi connectivity index (χ0v) is 19.3. The fourth-order valence-electron chi connectivity index (χ4n) is 5.31. The molecule has 2 aliphatic heterocycles. The fraction of sp³-hybridized carbons (Fsp3) is 0.385. The third-order valence-corrected chi connectivity index (χ3v) is 7.14. The van der Waals surface area contributed by atoms with Crippen LogP contribution in [-0.4, -0.2) is 62.7 Å². The van der Waals surface area contributed by atoms with Crippen LogP contribution in [0.3, 0.4) is 0 Å². The minimum atomic E-state index is -0.258. The Morgan fingerprint density at radius 2 is 1.97 bits per heavy atom. The third-order valence-electron chi connectivity index (χ3n) is 7.14. The van der Waals surface area contributed by atoms with Gasteiger partial charge in [-0.1, -0.05) is 18.2 Å². The average molecular weight is 460 g/mol. The maximum Gasteiger partial charge on any atom is 0.258 e. The topological polar surface area (TPSA) is 102 Å². The van der Waals surface area contributed by atoms with Crippen molar-refractivity contribution >= 4 is 28.8 Å². The first-order valence-electron chi connectivity index (χ1n) is 11.8. The first-order chi connectivity index (χ1) is 16.4. The van der Waals surface area contributed by atoms with Gasteiger partial charge in [0.2, 0.25) is 11.8 Å². The third kappa shape index (κ3) is 4.40. The van der Waals surface area contributed by atoms with Gasteiger partial charge in [-0.15, -0.1) is 0 Å². The maximum atomic E-state index is 13.1. The van der Waals surface area contributed by atoms with Gasteiger partial charge in [0.15, 0.2) is 0 Å². The van der Waals surface area contributed by atoms with Gasteiger partial charge in [-0.2, -0.15) is 0 Å². The van der Waals surface area contributed by atoms with Crippen LogP contribution in [0.2, 0.25) is 0 Å². The number of nitrogens with zero attached hydrogens (tertiary/aromatic N) is 3. The first-order valence-corrected chi connectivity index (χ1v) is 11.8. The molecule has 2 saturated heterocycles. The number of benzene rings is 1. The molecule has 0 radical (unpaired) electrons. The number of carbonyl (C=O) groups is 2. The van der Waals surface area contributed by atoms with Crippen LogP contribution in [0.25, 0.3) is 17.0 Å². The largest absolute Gasteiger partial charge is 0.361 e. The lowest BCUT2D eigenvalue weighted by molar-refractivity contribution is -0.130. The molecule has 4 heterocycles. The van der Waals surface area contributed by atoms with Crippen LogP contribution >= 0.6 is 0 Å². The molecule has 2 fully saturated rings. The van der Waals surface area contributed by atoms with E-state index in [1.807, 2.05) is 40.3 Å². The molecule has 1 atom stereocenters. The molecule has 176 valence electrons. The molecule has 1 spiro atoms. The molecule has 3 aromatic rings. The second-order valence-electron chi connectivity index (χ2n) is 9.55. The molecule has 5 rings (SSSR count). The number of aromatic amines is 2. The summed E-state index contributed by atoms with van der Waals surface area (Å²) in [5.41, 5.74) is 2.11. The van der Waals surface area contributed by atoms with Crippen LogP contribution in [0.4, 0.5) is 0 Å². The van der Waals surface area contributed by atoms with E-state index in [-0.39, 0.29) is 22.8 Å². The quantitative estimate of drug-likeness (QED) is 0.586. The number of nitrogens with one attached hydrogen (secondary N) is 2. The zero-order valence-electron chi connectivity index (χ0n) is 19.3. The Bertz CT molecular complexity index is 1320. The summed E-state index contributed by atoms with van der Waals surface area (Å²) in [7, 11) is 0. The minimum Gasteiger partial charge on any atom is -0.361 e. The van der Waals surface area contributed by atoms with E-state index in [1.54, 1.807) is 6.92 Å². The Labute approximate surface area is 197 Å². The molecule has 8 nitrogen and oxygen atoms in total. The number of piperidine rings is 1. The Kier molecular flexibility index (Phi) is 5.81. The van der Waals surface area contributed by atoms with Gasteiger partial charge in [-0.3, -0.25) is 14.4 Å². The smallest absolute Gasteiger partial charge is 0.258 e. The molecule has 2 N–H and O–H groups in total. The van der Waals surface area contributed by atoms with E-state index in [0.717, 1.165) is 42.3 Å². The molecule has 1 unspecified atom stereocenters. The van der Waals surface area contributed by atoms with E-state index in [2.05, 4.69) is 15.0 Å². The van der Waals surface area contributed by atoms with Gasteiger partial charge in [-0.25, -0.2) is 4.98 Å². The Balaban J connectivity index is 1.22. The van der Waals surface area contributed by atoms with Crippen LogP contribution in [0.15, 0.2) is 47.5 Å². The molecule has 0 saturated carbocycles. The second kappa shape index (κ2) is 8.93. The molecule has 2 aliphatic rings. The van der Waals surface area contributed by atoms with Gasteiger partial charge in [-0.05, 0) is 43.9 Å². The monoisotopic (exact) mass is 459 g/mol. The van der Waals surface area contributed by atoms with Crippen molar-refractivity contribution < 1.29 is 9.59 Å². The summed E-state index contributed by atoms with van der Waals surface area (Å²) in [6.45, 7) is 4.45. The number of aryl methyl sites for hydroxylation is 1. The fourth-order valence-corrected chi connectivity index (χ4v) is 5.31. The SMILES string of the molecule is Cc1ncc(/C=C/C(=O)N2CCCC3(CCN(C(=O)Cc4c[nH]c5ccccc45)C3)C2)c(=O)[nH]1. The van der Waals surface area contributed by atoms with E-state index in [4.69, 9.17) is 0 Å². The highest BCUT2D eigenvalue weighted by atomic mass is 16.2. The minimum absolute atomic E-state index is 0.0550. The molecule has 2 aromatic heterocycles. The van der Waals surface area contributed by atoms with Crippen molar-refractivity contribution in [2.75, 3.05) is 26.2 Å². The average Bonchev–Trinajstić information content (AvgIpc) is 3.43.